The molecule has 3 aromatic rings. The fourth-order valence-electron chi connectivity index (χ4n) is 2.09. The Hall–Kier alpha value is -3.03. The Morgan fingerprint density at radius 1 is 1.28 bits per heavy atom. The van der Waals surface area contributed by atoms with Crippen molar-refractivity contribution in [3.05, 3.63) is 42.7 Å². The Balaban J connectivity index is 1.78. The van der Waals surface area contributed by atoms with Crippen molar-refractivity contribution in [3.8, 4) is 17.1 Å². The van der Waals surface area contributed by atoms with Crippen LogP contribution in [0.3, 0.4) is 0 Å². The second-order valence-electron chi connectivity index (χ2n) is 6.59. The maximum Gasteiger partial charge on any atom is 0.317 e. The molecule has 1 atom stereocenters. The number of hydrogen-bond acceptors (Lipinski definition) is 7. The zero-order chi connectivity index (χ0) is 18.0. The van der Waals surface area contributed by atoms with Crippen LogP contribution in [0, 0.1) is 0 Å². The van der Waals surface area contributed by atoms with Gasteiger partial charge in [0.05, 0.1) is 17.4 Å². The molecule has 25 heavy (non-hydrogen) atoms. The van der Waals surface area contributed by atoms with Crippen LogP contribution in [0.1, 0.15) is 39.4 Å². The summed E-state index contributed by atoms with van der Waals surface area (Å²) in [5.41, 5.74) is 0.957. The molecule has 0 amide bonds. The number of ether oxygens (including phenoxy) is 1. The Morgan fingerprint density at radius 2 is 2.00 bits per heavy atom. The van der Waals surface area contributed by atoms with Crippen molar-refractivity contribution in [3.63, 3.8) is 0 Å². The molecule has 0 aromatic carbocycles. The standard InChI is InChI=1S/C17H19N5O3/c1-11(16(23)24-17(2,3)4)14-20-15(25-21-14)12-9-19-22(10-12)13-5-7-18-8-6-13/h5-11H,1-4H3. The topological polar surface area (TPSA) is 95.9 Å². The molecule has 0 bridgehead atoms. The molecule has 3 heterocycles. The van der Waals surface area contributed by atoms with Gasteiger partial charge in [0.25, 0.3) is 5.89 Å². The van der Waals surface area contributed by atoms with Crippen LogP contribution in [0.5, 0.6) is 0 Å². The van der Waals surface area contributed by atoms with E-state index in [1.54, 1.807) is 36.4 Å². The molecule has 0 saturated carbocycles. The van der Waals surface area contributed by atoms with Crippen molar-refractivity contribution in [2.75, 3.05) is 0 Å². The van der Waals surface area contributed by atoms with E-state index < -0.39 is 17.5 Å². The molecule has 0 N–H and O–H groups in total. The quantitative estimate of drug-likeness (QED) is 0.673. The van der Waals surface area contributed by atoms with Crippen molar-refractivity contribution in [2.24, 2.45) is 0 Å². The van der Waals surface area contributed by atoms with Crippen molar-refractivity contribution in [1.29, 1.82) is 0 Å². The van der Waals surface area contributed by atoms with E-state index in [9.17, 15) is 4.79 Å². The highest BCUT2D eigenvalue weighted by Crippen LogP contribution is 2.22. The van der Waals surface area contributed by atoms with E-state index in [0.717, 1.165) is 5.69 Å². The molecule has 0 aliphatic rings. The molecule has 0 aliphatic heterocycles. The number of carbonyl (C=O) groups excluding carboxylic acids is 1. The summed E-state index contributed by atoms with van der Waals surface area (Å²) >= 11 is 0. The number of esters is 1. The molecule has 3 rings (SSSR count). The van der Waals surface area contributed by atoms with Crippen LogP contribution in [0.25, 0.3) is 17.1 Å². The molecule has 3 aromatic heterocycles. The van der Waals surface area contributed by atoms with Gasteiger partial charge < -0.3 is 9.26 Å². The first-order valence-electron chi connectivity index (χ1n) is 7.85. The van der Waals surface area contributed by atoms with E-state index in [0.29, 0.717) is 11.5 Å². The minimum atomic E-state index is -0.619. The highest BCUT2D eigenvalue weighted by molar-refractivity contribution is 5.77. The predicted octanol–water partition coefficient (Wildman–Crippen LogP) is 2.76. The van der Waals surface area contributed by atoms with Crippen LogP contribution in [-0.2, 0) is 9.53 Å². The van der Waals surface area contributed by atoms with Crippen molar-refractivity contribution in [1.82, 2.24) is 24.9 Å². The van der Waals surface area contributed by atoms with Gasteiger partial charge in [-0.3, -0.25) is 9.78 Å². The Kier molecular flexibility index (Phi) is 4.35. The predicted molar refractivity (Wildman–Crippen MR) is 88.9 cm³/mol. The average Bonchev–Trinajstić information content (AvgIpc) is 3.22. The molecule has 0 saturated heterocycles. The Morgan fingerprint density at radius 3 is 2.68 bits per heavy atom. The molecule has 0 radical (unpaired) electrons. The van der Waals surface area contributed by atoms with Gasteiger partial charge >= 0.3 is 5.97 Å². The van der Waals surface area contributed by atoms with Gasteiger partial charge in [0.2, 0.25) is 0 Å². The first kappa shape index (κ1) is 16.8. The molecule has 0 fully saturated rings. The van der Waals surface area contributed by atoms with Gasteiger partial charge in [-0.1, -0.05) is 5.16 Å². The van der Waals surface area contributed by atoms with E-state index in [-0.39, 0.29) is 5.82 Å². The lowest BCUT2D eigenvalue weighted by Crippen LogP contribution is -2.27. The normalized spacial score (nSPS) is 12.8. The van der Waals surface area contributed by atoms with E-state index in [1.807, 2.05) is 32.9 Å². The first-order valence-corrected chi connectivity index (χ1v) is 7.85. The third kappa shape index (κ3) is 3.90. The van der Waals surface area contributed by atoms with Crippen LogP contribution < -0.4 is 0 Å². The molecule has 1 unspecified atom stereocenters. The second-order valence-corrected chi connectivity index (χ2v) is 6.59. The van der Waals surface area contributed by atoms with Gasteiger partial charge in [-0.2, -0.15) is 10.1 Å². The molecule has 0 aliphatic carbocycles. The van der Waals surface area contributed by atoms with Crippen LogP contribution in [0.2, 0.25) is 0 Å². The van der Waals surface area contributed by atoms with Crippen molar-refractivity contribution < 1.29 is 14.1 Å². The molecular weight excluding hydrogens is 322 g/mol. The molecular formula is C17H19N5O3. The first-order chi connectivity index (χ1) is 11.8. The van der Waals surface area contributed by atoms with Gasteiger partial charge in [0.15, 0.2) is 5.82 Å². The maximum absolute atomic E-state index is 12.1. The van der Waals surface area contributed by atoms with Crippen LogP contribution in [0.15, 0.2) is 41.4 Å². The average molecular weight is 341 g/mol. The highest BCUT2D eigenvalue weighted by atomic mass is 16.6. The minimum Gasteiger partial charge on any atom is -0.459 e. The monoisotopic (exact) mass is 341 g/mol. The summed E-state index contributed by atoms with van der Waals surface area (Å²) in [7, 11) is 0. The number of carbonyl (C=O) groups is 1. The number of nitrogens with zero attached hydrogens (tertiary/aromatic N) is 5. The summed E-state index contributed by atoms with van der Waals surface area (Å²) in [6, 6.07) is 3.67. The molecule has 8 nitrogen and oxygen atoms in total. The number of hydrogen-bond donors (Lipinski definition) is 0. The van der Waals surface area contributed by atoms with E-state index in [1.165, 1.54) is 0 Å². The summed E-state index contributed by atoms with van der Waals surface area (Å²) in [5, 5.41) is 8.16. The zero-order valence-electron chi connectivity index (χ0n) is 14.5. The van der Waals surface area contributed by atoms with Crippen molar-refractivity contribution in [2.45, 2.75) is 39.2 Å². The number of pyridine rings is 1. The van der Waals surface area contributed by atoms with E-state index in [4.69, 9.17) is 9.26 Å². The van der Waals surface area contributed by atoms with Gasteiger partial charge in [0.1, 0.15) is 11.5 Å². The Labute approximate surface area is 144 Å². The lowest BCUT2D eigenvalue weighted by Gasteiger charge is -2.21. The summed E-state index contributed by atoms with van der Waals surface area (Å²) < 4.78 is 12.3. The summed E-state index contributed by atoms with van der Waals surface area (Å²) in [6.45, 7) is 7.12. The molecule has 130 valence electrons. The maximum atomic E-state index is 12.1. The van der Waals surface area contributed by atoms with E-state index >= 15 is 0 Å². The van der Waals surface area contributed by atoms with Gasteiger partial charge in [-0.15, -0.1) is 0 Å². The minimum absolute atomic E-state index is 0.279. The number of aromatic nitrogens is 5. The van der Waals surface area contributed by atoms with Gasteiger partial charge in [-0.05, 0) is 39.8 Å². The number of rotatable bonds is 4. The summed E-state index contributed by atoms with van der Waals surface area (Å²) in [4.78, 5) is 20.4. The summed E-state index contributed by atoms with van der Waals surface area (Å²) in [5.74, 6) is -0.439. The largest absolute Gasteiger partial charge is 0.459 e. The van der Waals surface area contributed by atoms with Crippen molar-refractivity contribution >= 4 is 5.97 Å². The van der Waals surface area contributed by atoms with Gasteiger partial charge in [0, 0.05) is 18.6 Å². The second kappa shape index (κ2) is 6.46. The van der Waals surface area contributed by atoms with Crippen LogP contribution >= 0.6 is 0 Å². The summed E-state index contributed by atoms with van der Waals surface area (Å²) in [6.07, 6.45) is 6.76. The third-order valence-electron chi connectivity index (χ3n) is 3.35. The molecule has 0 spiro atoms. The fraction of sp³-hybridized carbons (Fsp3) is 0.353. The van der Waals surface area contributed by atoms with Crippen LogP contribution in [0.4, 0.5) is 0 Å². The fourth-order valence-corrected chi connectivity index (χ4v) is 2.09. The lowest BCUT2D eigenvalue weighted by molar-refractivity contribution is -0.156. The third-order valence-corrected chi connectivity index (χ3v) is 3.35. The lowest BCUT2D eigenvalue weighted by atomic mass is 10.1. The molecule has 8 heteroatoms. The highest BCUT2D eigenvalue weighted by Gasteiger charge is 2.27. The van der Waals surface area contributed by atoms with Gasteiger partial charge in [-0.25, -0.2) is 4.68 Å². The smallest absolute Gasteiger partial charge is 0.317 e. The van der Waals surface area contributed by atoms with E-state index in [2.05, 4.69) is 20.2 Å². The van der Waals surface area contributed by atoms with Crippen LogP contribution in [-0.4, -0.2) is 36.5 Å². The Bertz CT molecular complexity index is 864. The zero-order valence-corrected chi connectivity index (χ0v) is 14.5. The SMILES string of the molecule is CC(C(=O)OC(C)(C)C)c1noc(-c2cnn(-c3ccncc3)c2)n1.